The number of carbonyl (C=O) groups is 1. The van der Waals surface area contributed by atoms with Crippen molar-refractivity contribution in [2.24, 2.45) is 0 Å². The standard InChI is InChI=1S/C11H15NO2/c1-8(11(13)14)9-4-6-10(7-5-9)12(2)3/h4-8H,1-3H3,(H,13,14). The number of rotatable bonds is 3. The second-order valence-electron chi connectivity index (χ2n) is 3.55. The highest BCUT2D eigenvalue weighted by Crippen LogP contribution is 2.19. The lowest BCUT2D eigenvalue weighted by Gasteiger charge is -2.13. The van der Waals surface area contributed by atoms with Crippen molar-refractivity contribution in [1.29, 1.82) is 0 Å². The quantitative estimate of drug-likeness (QED) is 0.797. The summed E-state index contributed by atoms with van der Waals surface area (Å²) >= 11 is 0. The molecule has 1 unspecified atom stereocenters. The van der Waals surface area contributed by atoms with E-state index in [0.29, 0.717) is 0 Å². The first-order chi connectivity index (χ1) is 6.52. The van der Waals surface area contributed by atoms with Crippen molar-refractivity contribution >= 4 is 11.7 Å². The van der Waals surface area contributed by atoms with Crippen LogP contribution >= 0.6 is 0 Å². The predicted octanol–water partition coefficient (Wildman–Crippen LogP) is 1.94. The molecule has 14 heavy (non-hydrogen) atoms. The molecule has 3 nitrogen and oxygen atoms in total. The van der Waals surface area contributed by atoms with E-state index >= 15 is 0 Å². The Labute approximate surface area is 84.0 Å². The monoisotopic (exact) mass is 193 g/mol. The van der Waals surface area contributed by atoms with Crippen LogP contribution in [0.4, 0.5) is 5.69 Å². The predicted molar refractivity (Wildman–Crippen MR) is 56.8 cm³/mol. The summed E-state index contributed by atoms with van der Waals surface area (Å²) in [7, 11) is 3.91. The molecule has 1 aromatic rings. The Hall–Kier alpha value is -1.51. The van der Waals surface area contributed by atoms with Gasteiger partial charge in [0, 0.05) is 19.8 Å². The largest absolute Gasteiger partial charge is 0.481 e. The summed E-state index contributed by atoms with van der Waals surface area (Å²) in [6, 6.07) is 7.56. The first-order valence-electron chi connectivity index (χ1n) is 4.52. The molecular formula is C11H15NO2. The first kappa shape index (κ1) is 10.6. The molecule has 0 spiro atoms. The summed E-state index contributed by atoms with van der Waals surface area (Å²) in [4.78, 5) is 12.7. The molecule has 0 bridgehead atoms. The number of nitrogens with zero attached hydrogens (tertiary/aromatic N) is 1. The van der Waals surface area contributed by atoms with Crippen LogP contribution in [0.15, 0.2) is 24.3 Å². The van der Waals surface area contributed by atoms with Gasteiger partial charge in [-0.15, -0.1) is 0 Å². The van der Waals surface area contributed by atoms with Gasteiger partial charge in [0.2, 0.25) is 0 Å². The topological polar surface area (TPSA) is 40.5 Å². The first-order valence-corrected chi connectivity index (χ1v) is 4.52. The zero-order valence-corrected chi connectivity index (χ0v) is 8.69. The van der Waals surface area contributed by atoms with Gasteiger partial charge in [0.05, 0.1) is 5.92 Å². The number of hydrogen-bond acceptors (Lipinski definition) is 2. The van der Waals surface area contributed by atoms with Crippen molar-refractivity contribution in [2.45, 2.75) is 12.8 Å². The molecule has 1 rings (SSSR count). The fourth-order valence-corrected chi connectivity index (χ4v) is 1.20. The van der Waals surface area contributed by atoms with E-state index in [0.717, 1.165) is 11.3 Å². The van der Waals surface area contributed by atoms with Crippen molar-refractivity contribution in [1.82, 2.24) is 0 Å². The average molecular weight is 193 g/mol. The second-order valence-corrected chi connectivity index (χ2v) is 3.55. The average Bonchev–Trinajstić information content (AvgIpc) is 2.16. The molecule has 1 atom stereocenters. The van der Waals surface area contributed by atoms with Crippen molar-refractivity contribution in [3.05, 3.63) is 29.8 Å². The zero-order chi connectivity index (χ0) is 10.7. The fourth-order valence-electron chi connectivity index (χ4n) is 1.20. The van der Waals surface area contributed by atoms with Crippen molar-refractivity contribution < 1.29 is 9.90 Å². The van der Waals surface area contributed by atoms with Gasteiger partial charge in [-0.25, -0.2) is 0 Å². The Bertz CT molecular complexity index is 317. The molecule has 0 heterocycles. The van der Waals surface area contributed by atoms with Crippen molar-refractivity contribution in [3.8, 4) is 0 Å². The summed E-state index contributed by atoms with van der Waals surface area (Å²) < 4.78 is 0. The van der Waals surface area contributed by atoms with Gasteiger partial charge in [-0.05, 0) is 24.6 Å². The molecule has 76 valence electrons. The molecule has 0 radical (unpaired) electrons. The number of aliphatic carboxylic acids is 1. The van der Waals surface area contributed by atoms with Crippen LogP contribution in [0, 0.1) is 0 Å². The smallest absolute Gasteiger partial charge is 0.310 e. The lowest BCUT2D eigenvalue weighted by Crippen LogP contribution is -2.10. The molecule has 1 aromatic carbocycles. The molecule has 0 aliphatic heterocycles. The Kier molecular flexibility index (Phi) is 3.12. The van der Waals surface area contributed by atoms with Gasteiger partial charge < -0.3 is 10.0 Å². The van der Waals surface area contributed by atoms with Crippen LogP contribution in [-0.2, 0) is 4.79 Å². The number of benzene rings is 1. The normalized spacial score (nSPS) is 12.2. The fraction of sp³-hybridized carbons (Fsp3) is 0.364. The van der Waals surface area contributed by atoms with Gasteiger partial charge in [0.25, 0.3) is 0 Å². The third-order valence-corrected chi connectivity index (χ3v) is 2.28. The van der Waals surface area contributed by atoms with E-state index in [-0.39, 0.29) is 0 Å². The van der Waals surface area contributed by atoms with Crippen molar-refractivity contribution in [2.75, 3.05) is 19.0 Å². The third kappa shape index (κ3) is 2.25. The van der Waals surface area contributed by atoms with Crippen LogP contribution in [0.3, 0.4) is 0 Å². The van der Waals surface area contributed by atoms with Crippen LogP contribution in [0.5, 0.6) is 0 Å². The lowest BCUT2D eigenvalue weighted by molar-refractivity contribution is -0.138. The second kappa shape index (κ2) is 4.13. The minimum absolute atomic E-state index is 0.439. The van der Waals surface area contributed by atoms with Gasteiger partial charge in [0.15, 0.2) is 0 Å². The minimum Gasteiger partial charge on any atom is -0.481 e. The Balaban J connectivity index is 2.88. The van der Waals surface area contributed by atoms with Gasteiger partial charge in [-0.1, -0.05) is 12.1 Å². The van der Waals surface area contributed by atoms with Crippen LogP contribution in [0.2, 0.25) is 0 Å². The molecule has 0 aliphatic rings. The van der Waals surface area contributed by atoms with Crippen LogP contribution < -0.4 is 4.90 Å². The van der Waals surface area contributed by atoms with Gasteiger partial charge in [0.1, 0.15) is 0 Å². The van der Waals surface area contributed by atoms with E-state index in [1.165, 1.54) is 0 Å². The van der Waals surface area contributed by atoms with E-state index in [2.05, 4.69) is 0 Å². The summed E-state index contributed by atoms with van der Waals surface area (Å²) in [5, 5.41) is 8.80. The highest BCUT2D eigenvalue weighted by molar-refractivity contribution is 5.75. The number of carboxylic acid groups (broad SMARTS) is 1. The molecule has 0 saturated heterocycles. The number of carboxylic acids is 1. The summed E-state index contributed by atoms with van der Waals surface area (Å²) in [6.45, 7) is 1.69. The maximum atomic E-state index is 10.7. The van der Waals surface area contributed by atoms with E-state index in [9.17, 15) is 4.79 Å². The number of anilines is 1. The zero-order valence-electron chi connectivity index (χ0n) is 8.69. The van der Waals surface area contributed by atoms with Crippen LogP contribution in [0.1, 0.15) is 18.4 Å². The molecular weight excluding hydrogens is 178 g/mol. The maximum Gasteiger partial charge on any atom is 0.310 e. The molecule has 0 aliphatic carbocycles. The highest BCUT2D eigenvalue weighted by atomic mass is 16.4. The molecule has 1 N–H and O–H groups in total. The summed E-state index contributed by atoms with van der Waals surface area (Å²) in [6.07, 6.45) is 0. The summed E-state index contributed by atoms with van der Waals surface area (Å²) in [5.41, 5.74) is 1.91. The minimum atomic E-state index is -0.789. The van der Waals surface area contributed by atoms with E-state index in [1.54, 1.807) is 6.92 Å². The Morgan fingerprint density at radius 1 is 1.29 bits per heavy atom. The lowest BCUT2D eigenvalue weighted by atomic mass is 10.0. The SMILES string of the molecule is CC(C(=O)O)c1ccc(N(C)C)cc1. The molecule has 0 amide bonds. The van der Waals surface area contributed by atoms with E-state index in [1.807, 2.05) is 43.3 Å². The molecule has 0 fully saturated rings. The van der Waals surface area contributed by atoms with Gasteiger partial charge in [-0.2, -0.15) is 0 Å². The molecule has 3 heteroatoms. The van der Waals surface area contributed by atoms with Gasteiger partial charge in [-0.3, -0.25) is 4.79 Å². The van der Waals surface area contributed by atoms with E-state index in [4.69, 9.17) is 5.11 Å². The maximum absolute atomic E-state index is 10.7. The molecule has 0 aromatic heterocycles. The van der Waals surface area contributed by atoms with Gasteiger partial charge >= 0.3 is 5.97 Å². The van der Waals surface area contributed by atoms with Crippen LogP contribution in [0.25, 0.3) is 0 Å². The molecule has 0 saturated carbocycles. The highest BCUT2D eigenvalue weighted by Gasteiger charge is 2.12. The third-order valence-electron chi connectivity index (χ3n) is 2.28. The Morgan fingerprint density at radius 2 is 1.79 bits per heavy atom. The van der Waals surface area contributed by atoms with Crippen molar-refractivity contribution in [3.63, 3.8) is 0 Å². The Morgan fingerprint density at radius 3 is 2.14 bits per heavy atom. The summed E-state index contributed by atoms with van der Waals surface area (Å²) in [5.74, 6) is -1.23. The number of hydrogen-bond donors (Lipinski definition) is 1. The van der Waals surface area contributed by atoms with Crippen LogP contribution in [-0.4, -0.2) is 25.2 Å². The van der Waals surface area contributed by atoms with E-state index < -0.39 is 11.9 Å².